The Morgan fingerprint density at radius 3 is 2.62 bits per heavy atom. The molecule has 1 heterocycles. The molecule has 3 aliphatic rings. The number of amides is 1. The van der Waals surface area contributed by atoms with Crippen molar-refractivity contribution in [3.05, 3.63) is 0 Å². The van der Waals surface area contributed by atoms with Gasteiger partial charge in [-0.05, 0) is 43.9 Å². The summed E-state index contributed by atoms with van der Waals surface area (Å²) >= 11 is 0. The van der Waals surface area contributed by atoms with Gasteiger partial charge in [0.15, 0.2) is 5.96 Å². The summed E-state index contributed by atoms with van der Waals surface area (Å²) in [6.45, 7) is 1.81. The lowest BCUT2D eigenvalue weighted by atomic mass is 9.69. The lowest BCUT2D eigenvalue weighted by Crippen LogP contribution is -2.48. The summed E-state index contributed by atoms with van der Waals surface area (Å²) in [5.41, 5.74) is 0. The molecule has 0 aromatic carbocycles. The van der Waals surface area contributed by atoms with Gasteiger partial charge in [-0.3, -0.25) is 4.79 Å². The van der Waals surface area contributed by atoms with Gasteiger partial charge in [-0.25, -0.2) is 4.99 Å². The monoisotopic (exact) mass is 364 g/mol. The summed E-state index contributed by atoms with van der Waals surface area (Å²) in [5, 5.41) is 7.04. The van der Waals surface area contributed by atoms with Crippen LogP contribution in [0.15, 0.2) is 4.99 Å². The molecule has 4 unspecified atom stereocenters. The maximum Gasteiger partial charge on any atom is 0.243 e. The van der Waals surface area contributed by atoms with Crippen LogP contribution >= 0.6 is 0 Å². The van der Waals surface area contributed by atoms with Gasteiger partial charge in [0.1, 0.15) is 6.54 Å². The van der Waals surface area contributed by atoms with Crippen LogP contribution in [0.2, 0.25) is 0 Å². The molecule has 1 amide bonds. The number of likely N-dealkylation sites (N-methyl/N-ethyl adjacent to an activating group) is 1. The number of fused-ring (bicyclic) bond motifs is 1. The first-order valence-corrected chi connectivity index (χ1v) is 10.5. The summed E-state index contributed by atoms with van der Waals surface area (Å²) in [5.74, 6) is 2.62. The van der Waals surface area contributed by atoms with E-state index in [2.05, 4.69) is 15.6 Å². The van der Waals surface area contributed by atoms with Crippen molar-refractivity contribution in [1.29, 1.82) is 0 Å². The zero-order valence-corrected chi connectivity index (χ0v) is 16.5. The van der Waals surface area contributed by atoms with E-state index in [9.17, 15) is 4.79 Å². The molecule has 1 saturated heterocycles. The van der Waals surface area contributed by atoms with E-state index < -0.39 is 0 Å². The number of carbonyl (C=O) groups excluding carboxylic acids is 1. The maximum atomic E-state index is 11.9. The highest BCUT2D eigenvalue weighted by molar-refractivity contribution is 5.84. The molecule has 2 aliphatic carbocycles. The van der Waals surface area contributed by atoms with Crippen LogP contribution in [0.3, 0.4) is 0 Å². The maximum absolute atomic E-state index is 11.9. The topological polar surface area (TPSA) is 66.0 Å². The van der Waals surface area contributed by atoms with Gasteiger partial charge in [0.25, 0.3) is 0 Å². The van der Waals surface area contributed by atoms with E-state index in [1.807, 2.05) is 0 Å². The molecule has 3 fully saturated rings. The van der Waals surface area contributed by atoms with E-state index in [1.54, 1.807) is 19.0 Å². The van der Waals surface area contributed by atoms with Crippen molar-refractivity contribution < 1.29 is 9.53 Å². The number of aliphatic imine (C=N–C) groups is 1. The van der Waals surface area contributed by atoms with E-state index >= 15 is 0 Å². The van der Waals surface area contributed by atoms with E-state index in [1.165, 1.54) is 44.9 Å². The standard InChI is InChI=1S/C20H36N4O2/c1-24(2)19(25)14-22-20(21-13-18-8-5-11-26-18)23-17-10-9-15-6-3-4-7-16(15)12-17/h15-18H,3-14H2,1-2H3,(H2,21,22,23). The normalized spacial score (nSPS) is 32.0. The number of hydrogen-bond donors (Lipinski definition) is 2. The van der Waals surface area contributed by atoms with Crippen LogP contribution in [0.5, 0.6) is 0 Å². The molecule has 2 saturated carbocycles. The SMILES string of the molecule is CN(C)C(=O)CN=C(NCC1CCCO1)NC1CCC2CCCCC2C1. The van der Waals surface area contributed by atoms with Crippen LogP contribution in [-0.4, -0.2) is 62.7 Å². The van der Waals surface area contributed by atoms with Crippen molar-refractivity contribution in [1.82, 2.24) is 15.5 Å². The fourth-order valence-corrected chi connectivity index (χ4v) is 4.65. The fraction of sp³-hybridized carbons (Fsp3) is 0.900. The summed E-state index contributed by atoms with van der Waals surface area (Å²) in [4.78, 5) is 18.1. The second kappa shape index (κ2) is 9.58. The van der Waals surface area contributed by atoms with Gasteiger partial charge >= 0.3 is 0 Å². The molecule has 3 rings (SSSR count). The molecule has 0 aromatic rings. The molecule has 0 bridgehead atoms. The Morgan fingerprint density at radius 2 is 1.88 bits per heavy atom. The molecule has 1 aliphatic heterocycles. The Hall–Kier alpha value is -1.30. The van der Waals surface area contributed by atoms with Gasteiger partial charge in [0.2, 0.25) is 5.91 Å². The molecule has 6 heteroatoms. The first kappa shape index (κ1) is 19.5. The second-order valence-corrected chi connectivity index (χ2v) is 8.43. The molecular formula is C20H36N4O2. The number of ether oxygens (including phenoxy) is 1. The smallest absolute Gasteiger partial charge is 0.243 e. The van der Waals surface area contributed by atoms with Crippen LogP contribution < -0.4 is 10.6 Å². The Labute approximate surface area is 158 Å². The quantitative estimate of drug-likeness (QED) is 0.579. The van der Waals surface area contributed by atoms with Crippen molar-refractivity contribution in [2.75, 3.05) is 33.8 Å². The van der Waals surface area contributed by atoms with Crippen LogP contribution in [0.4, 0.5) is 0 Å². The fourth-order valence-electron chi connectivity index (χ4n) is 4.65. The zero-order valence-electron chi connectivity index (χ0n) is 16.5. The molecule has 0 aromatic heterocycles. The Kier molecular flexibility index (Phi) is 7.17. The number of hydrogen-bond acceptors (Lipinski definition) is 3. The largest absolute Gasteiger partial charge is 0.376 e. The predicted molar refractivity (Wildman–Crippen MR) is 104 cm³/mol. The van der Waals surface area contributed by atoms with Crippen molar-refractivity contribution in [2.24, 2.45) is 16.8 Å². The first-order chi connectivity index (χ1) is 12.6. The van der Waals surface area contributed by atoms with E-state index in [4.69, 9.17) is 4.74 Å². The number of guanidine groups is 1. The van der Waals surface area contributed by atoms with Crippen molar-refractivity contribution in [2.45, 2.75) is 69.9 Å². The van der Waals surface area contributed by atoms with E-state index in [-0.39, 0.29) is 18.6 Å². The highest BCUT2D eigenvalue weighted by Gasteiger charge is 2.32. The third-order valence-electron chi connectivity index (χ3n) is 6.27. The summed E-state index contributed by atoms with van der Waals surface area (Å²) < 4.78 is 5.71. The molecular weight excluding hydrogens is 328 g/mol. The highest BCUT2D eigenvalue weighted by Crippen LogP contribution is 2.40. The van der Waals surface area contributed by atoms with Gasteiger partial charge in [0.05, 0.1) is 6.10 Å². The van der Waals surface area contributed by atoms with E-state index in [0.29, 0.717) is 6.04 Å². The third-order valence-corrected chi connectivity index (χ3v) is 6.27. The number of carbonyl (C=O) groups is 1. The van der Waals surface area contributed by atoms with Gasteiger partial charge in [0, 0.05) is 33.3 Å². The van der Waals surface area contributed by atoms with Gasteiger partial charge < -0.3 is 20.3 Å². The predicted octanol–water partition coefficient (Wildman–Crippen LogP) is 2.15. The molecule has 4 atom stereocenters. The van der Waals surface area contributed by atoms with Crippen LogP contribution in [0, 0.1) is 11.8 Å². The van der Waals surface area contributed by atoms with E-state index in [0.717, 1.165) is 43.8 Å². The minimum Gasteiger partial charge on any atom is -0.376 e. The van der Waals surface area contributed by atoms with Crippen molar-refractivity contribution >= 4 is 11.9 Å². The van der Waals surface area contributed by atoms with Crippen LogP contribution in [-0.2, 0) is 9.53 Å². The van der Waals surface area contributed by atoms with Crippen LogP contribution in [0.25, 0.3) is 0 Å². The van der Waals surface area contributed by atoms with Gasteiger partial charge in [-0.2, -0.15) is 0 Å². The van der Waals surface area contributed by atoms with Crippen molar-refractivity contribution in [3.63, 3.8) is 0 Å². The van der Waals surface area contributed by atoms with Crippen LogP contribution in [0.1, 0.15) is 57.8 Å². The molecule has 26 heavy (non-hydrogen) atoms. The second-order valence-electron chi connectivity index (χ2n) is 8.43. The lowest BCUT2D eigenvalue weighted by molar-refractivity contribution is -0.127. The molecule has 0 radical (unpaired) electrons. The molecule has 0 spiro atoms. The zero-order chi connectivity index (χ0) is 18.4. The van der Waals surface area contributed by atoms with Crippen molar-refractivity contribution in [3.8, 4) is 0 Å². The average molecular weight is 365 g/mol. The third kappa shape index (κ3) is 5.60. The summed E-state index contributed by atoms with van der Waals surface area (Å²) in [6, 6.07) is 0.472. The summed E-state index contributed by atoms with van der Waals surface area (Å²) in [6.07, 6.45) is 11.9. The number of nitrogens with one attached hydrogen (secondary N) is 2. The molecule has 6 nitrogen and oxygen atoms in total. The lowest BCUT2D eigenvalue weighted by Gasteiger charge is -2.40. The molecule has 2 N–H and O–H groups in total. The minimum absolute atomic E-state index is 0.0270. The Balaban J connectivity index is 1.54. The Bertz CT molecular complexity index is 488. The average Bonchev–Trinajstić information content (AvgIpc) is 3.17. The number of nitrogens with zero attached hydrogens (tertiary/aromatic N) is 2. The molecule has 148 valence electrons. The van der Waals surface area contributed by atoms with Gasteiger partial charge in [-0.15, -0.1) is 0 Å². The minimum atomic E-state index is 0.0270. The van der Waals surface area contributed by atoms with Gasteiger partial charge in [-0.1, -0.05) is 25.7 Å². The highest BCUT2D eigenvalue weighted by atomic mass is 16.5. The summed E-state index contributed by atoms with van der Waals surface area (Å²) in [7, 11) is 3.55. The first-order valence-electron chi connectivity index (χ1n) is 10.5. The number of rotatable bonds is 5. The Morgan fingerprint density at radius 1 is 1.08 bits per heavy atom.